The summed E-state index contributed by atoms with van der Waals surface area (Å²) in [4.78, 5) is 14.3. The third kappa shape index (κ3) is 5.51. The number of carbonyl (C=O) groups is 1. The summed E-state index contributed by atoms with van der Waals surface area (Å²) < 4.78 is 41.3. The van der Waals surface area contributed by atoms with E-state index in [1.54, 1.807) is 12.1 Å². The second-order valence-electron chi connectivity index (χ2n) is 6.42. The Morgan fingerprint density at radius 1 is 1.20 bits per heavy atom. The van der Waals surface area contributed by atoms with E-state index in [2.05, 4.69) is 10.1 Å². The molecule has 0 aromatic heterocycles. The summed E-state index contributed by atoms with van der Waals surface area (Å²) >= 11 is 0. The van der Waals surface area contributed by atoms with E-state index in [9.17, 15) is 18.0 Å². The lowest BCUT2D eigenvalue weighted by Crippen LogP contribution is -2.39. The first-order valence-electron chi connectivity index (χ1n) is 8.28. The molecule has 1 N–H and O–H groups in total. The van der Waals surface area contributed by atoms with Gasteiger partial charge in [0.1, 0.15) is 5.75 Å². The van der Waals surface area contributed by atoms with Crippen LogP contribution in [0.25, 0.3) is 0 Å². The maximum atomic E-state index is 12.4. The van der Waals surface area contributed by atoms with Crippen molar-refractivity contribution in [2.24, 2.45) is 0 Å². The number of rotatable bonds is 4. The number of hydrogen-bond acceptors (Lipinski definition) is 3. The van der Waals surface area contributed by atoms with Crippen LogP contribution in [0.3, 0.4) is 0 Å². The van der Waals surface area contributed by atoms with Crippen LogP contribution in [0.2, 0.25) is 0 Å². The predicted molar refractivity (Wildman–Crippen MR) is 89.8 cm³/mol. The number of nitrogens with zero attached hydrogens (tertiary/aromatic N) is 1. The van der Waals surface area contributed by atoms with Crippen molar-refractivity contribution in [1.29, 1.82) is 0 Å². The Balaban J connectivity index is 0.00000225. The average Bonchev–Trinajstić information content (AvgIpc) is 2.83. The van der Waals surface area contributed by atoms with Crippen molar-refractivity contribution >= 4 is 18.3 Å². The highest BCUT2D eigenvalue weighted by Gasteiger charge is 2.33. The molecule has 1 aromatic carbocycles. The van der Waals surface area contributed by atoms with Gasteiger partial charge in [0.05, 0.1) is 0 Å². The number of halogens is 4. The van der Waals surface area contributed by atoms with Gasteiger partial charge in [0, 0.05) is 31.6 Å². The van der Waals surface area contributed by atoms with Crippen LogP contribution < -0.4 is 10.1 Å². The minimum atomic E-state index is -4.73. The number of aryl methyl sites for hydroxylation is 1. The van der Waals surface area contributed by atoms with Gasteiger partial charge in [0.25, 0.3) is 0 Å². The highest BCUT2D eigenvalue weighted by atomic mass is 35.5. The molecule has 4 nitrogen and oxygen atoms in total. The molecular weight excluding hydrogens is 357 g/mol. The molecule has 140 valence electrons. The first-order chi connectivity index (χ1) is 11.4. The molecule has 2 saturated heterocycles. The second-order valence-corrected chi connectivity index (χ2v) is 6.42. The first-order valence-corrected chi connectivity index (χ1v) is 8.28. The molecule has 2 bridgehead atoms. The summed E-state index contributed by atoms with van der Waals surface area (Å²) in [5, 5.41) is 3.51. The van der Waals surface area contributed by atoms with E-state index < -0.39 is 6.36 Å². The number of fused-ring (bicyclic) bond motifs is 2. The highest BCUT2D eigenvalue weighted by Crippen LogP contribution is 2.27. The number of nitrogens with one attached hydrogen (secondary N) is 1. The minimum Gasteiger partial charge on any atom is -0.406 e. The van der Waals surface area contributed by atoms with E-state index in [1.165, 1.54) is 12.1 Å². The van der Waals surface area contributed by atoms with E-state index >= 15 is 0 Å². The van der Waals surface area contributed by atoms with Crippen molar-refractivity contribution in [2.45, 2.75) is 50.6 Å². The van der Waals surface area contributed by atoms with Gasteiger partial charge in [-0.15, -0.1) is 25.6 Å². The van der Waals surface area contributed by atoms with Crippen LogP contribution in [0, 0.1) is 0 Å². The molecule has 2 atom stereocenters. The summed E-state index contributed by atoms with van der Waals surface area (Å²) in [6.07, 6.45) is -1.11. The van der Waals surface area contributed by atoms with Crippen molar-refractivity contribution in [3.05, 3.63) is 29.8 Å². The van der Waals surface area contributed by atoms with Gasteiger partial charge >= 0.3 is 6.36 Å². The van der Waals surface area contributed by atoms with Crippen LogP contribution >= 0.6 is 12.4 Å². The Morgan fingerprint density at radius 2 is 1.92 bits per heavy atom. The lowest BCUT2D eigenvalue weighted by atomic mass is 10.1. The van der Waals surface area contributed by atoms with Gasteiger partial charge in [0.2, 0.25) is 5.91 Å². The predicted octanol–water partition coefficient (Wildman–Crippen LogP) is 3.29. The fourth-order valence-electron chi connectivity index (χ4n) is 3.50. The number of amides is 1. The molecule has 2 fully saturated rings. The van der Waals surface area contributed by atoms with E-state index in [4.69, 9.17) is 0 Å². The third-order valence-corrected chi connectivity index (χ3v) is 4.68. The lowest BCUT2D eigenvalue weighted by molar-refractivity contribution is -0.274. The van der Waals surface area contributed by atoms with E-state index in [0.29, 0.717) is 30.7 Å². The van der Waals surface area contributed by atoms with Crippen molar-refractivity contribution in [3.8, 4) is 5.75 Å². The summed E-state index contributed by atoms with van der Waals surface area (Å²) in [5.74, 6) is -0.236. The molecule has 3 rings (SSSR count). The zero-order valence-electron chi connectivity index (χ0n) is 13.7. The molecule has 1 aromatic rings. The van der Waals surface area contributed by atoms with Gasteiger partial charge in [0.15, 0.2) is 0 Å². The Hall–Kier alpha value is -1.47. The van der Waals surface area contributed by atoms with E-state index in [-0.39, 0.29) is 36.9 Å². The highest BCUT2D eigenvalue weighted by molar-refractivity contribution is 5.85. The van der Waals surface area contributed by atoms with Crippen LogP contribution in [0.1, 0.15) is 31.2 Å². The van der Waals surface area contributed by atoms with Crippen LogP contribution in [0.4, 0.5) is 13.2 Å². The number of alkyl halides is 3. The first kappa shape index (κ1) is 19.8. The van der Waals surface area contributed by atoms with Crippen molar-refractivity contribution in [1.82, 2.24) is 10.2 Å². The average molecular weight is 379 g/mol. The normalized spacial score (nSPS) is 22.9. The molecular formula is C17H22ClF3N2O2. The molecule has 2 heterocycles. The summed E-state index contributed by atoms with van der Waals surface area (Å²) in [7, 11) is 0. The monoisotopic (exact) mass is 378 g/mol. The van der Waals surface area contributed by atoms with Crippen molar-refractivity contribution in [2.75, 3.05) is 13.1 Å². The molecule has 0 radical (unpaired) electrons. The second kappa shape index (κ2) is 8.27. The molecule has 2 unspecified atom stereocenters. The fraction of sp³-hybridized carbons (Fsp3) is 0.588. The third-order valence-electron chi connectivity index (χ3n) is 4.68. The Morgan fingerprint density at radius 3 is 2.68 bits per heavy atom. The summed E-state index contributed by atoms with van der Waals surface area (Å²) in [6.45, 7) is 1.41. The van der Waals surface area contributed by atoms with Gasteiger partial charge in [-0.05, 0) is 37.3 Å². The Bertz CT molecular complexity index is 598. The Kier molecular flexibility index (Phi) is 6.57. The maximum Gasteiger partial charge on any atom is 0.573 e. The molecule has 0 aliphatic carbocycles. The number of likely N-dealkylation sites (tertiary alicyclic amines) is 1. The molecule has 2 aliphatic rings. The van der Waals surface area contributed by atoms with E-state index in [0.717, 1.165) is 19.3 Å². The van der Waals surface area contributed by atoms with Crippen LogP contribution in [-0.4, -0.2) is 42.3 Å². The van der Waals surface area contributed by atoms with Gasteiger partial charge in [-0.2, -0.15) is 0 Å². The smallest absolute Gasteiger partial charge is 0.406 e. The largest absolute Gasteiger partial charge is 0.573 e. The minimum absolute atomic E-state index is 0. The van der Waals surface area contributed by atoms with Crippen LogP contribution in [0.5, 0.6) is 5.75 Å². The number of benzene rings is 1. The lowest BCUT2D eigenvalue weighted by Gasteiger charge is -2.24. The molecule has 0 spiro atoms. The quantitative estimate of drug-likeness (QED) is 0.874. The number of para-hydroxylation sites is 1. The number of hydrogen-bond donors (Lipinski definition) is 1. The Labute approximate surface area is 151 Å². The zero-order chi connectivity index (χ0) is 17.2. The SMILES string of the molecule is Cl.O=C(CCc1ccccc1OC(F)(F)F)N1CCC2CCC(C1)N2. The van der Waals surface area contributed by atoms with Crippen molar-refractivity contribution < 1.29 is 22.7 Å². The molecule has 1 amide bonds. The molecule has 25 heavy (non-hydrogen) atoms. The number of ether oxygens (including phenoxy) is 1. The van der Waals surface area contributed by atoms with Crippen LogP contribution in [-0.2, 0) is 11.2 Å². The van der Waals surface area contributed by atoms with Crippen LogP contribution in [0.15, 0.2) is 24.3 Å². The molecule has 0 saturated carbocycles. The number of carbonyl (C=O) groups excluding carboxylic acids is 1. The summed E-state index contributed by atoms with van der Waals surface area (Å²) in [5.41, 5.74) is 0.401. The van der Waals surface area contributed by atoms with Gasteiger partial charge in [-0.3, -0.25) is 4.79 Å². The van der Waals surface area contributed by atoms with E-state index in [1.807, 2.05) is 4.90 Å². The van der Waals surface area contributed by atoms with Gasteiger partial charge < -0.3 is 15.0 Å². The topological polar surface area (TPSA) is 41.6 Å². The summed E-state index contributed by atoms with van der Waals surface area (Å²) in [6, 6.07) is 6.83. The van der Waals surface area contributed by atoms with Gasteiger partial charge in [-0.25, -0.2) is 0 Å². The maximum absolute atomic E-state index is 12.4. The zero-order valence-corrected chi connectivity index (χ0v) is 14.5. The molecule has 8 heteroatoms. The molecule has 2 aliphatic heterocycles. The fourth-order valence-corrected chi connectivity index (χ4v) is 3.50. The van der Waals surface area contributed by atoms with Crippen molar-refractivity contribution in [3.63, 3.8) is 0 Å². The van der Waals surface area contributed by atoms with Gasteiger partial charge in [-0.1, -0.05) is 18.2 Å². The standard InChI is InChI=1S/C17H21F3N2O2.ClH/c18-17(19,20)24-15-4-2-1-3-12(15)5-8-16(23)22-10-9-13-6-7-14(11-22)21-13;/h1-4,13-14,21H,5-11H2;1H.